The molecule has 2 saturated heterocycles. The molecule has 2 aliphatic carbocycles. The number of allylic oxidation sites excluding steroid dienone is 2. The van der Waals surface area contributed by atoms with Crippen LogP contribution in [0.25, 0.3) is 10.8 Å². The molecule has 0 aromatic heterocycles. The van der Waals surface area contributed by atoms with Gasteiger partial charge in [0.25, 0.3) is 0 Å². The summed E-state index contributed by atoms with van der Waals surface area (Å²) in [7, 11) is 3.02. The van der Waals surface area contributed by atoms with Crippen LogP contribution < -0.4 is 0 Å². The Morgan fingerprint density at radius 2 is 1.45 bits per heavy atom. The summed E-state index contributed by atoms with van der Waals surface area (Å²) in [4.78, 5) is 54.6. The van der Waals surface area contributed by atoms with Gasteiger partial charge in [-0.15, -0.1) is 0 Å². The van der Waals surface area contributed by atoms with Gasteiger partial charge in [0.05, 0.1) is 23.7 Å². The van der Waals surface area contributed by atoms with E-state index in [-0.39, 0.29) is 35.3 Å². The largest absolute Gasteiger partial charge is 0.508 e. The van der Waals surface area contributed by atoms with E-state index in [4.69, 9.17) is 0 Å². The highest BCUT2D eigenvalue weighted by Crippen LogP contribution is 2.59. The van der Waals surface area contributed by atoms with E-state index < -0.39 is 29.6 Å². The monoisotopic (exact) mass is 444 g/mol. The molecule has 7 heteroatoms. The maximum absolute atomic E-state index is 13.3. The smallest absolute Gasteiger partial charge is 0.233 e. The summed E-state index contributed by atoms with van der Waals surface area (Å²) >= 11 is 0. The molecule has 4 aliphatic rings. The van der Waals surface area contributed by atoms with E-state index in [1.807, 2.05) is 36.4 Å². The maximum atomic E-state index is 13.3. The lowest BCUT2D eigenvalue weighted by molar-refractivity contribution is -0.140. The Labute approximate surface area is 190 Å². The summed E-state index contributed by atoms with van der Waals surface area (Å²) in [6, 6.07) is 11.1. The van der Waals surface area contributed by atoms with Crippen LogP contribution in [0.2, 0.25) is 0 Å². The first-order chi connectivity index (χ1) is 15.8. The van der Waals surface area contributed by atoms with Crippen LogP contribution in [-0.4, -0.2) is 52.6 Å². The molecule has 0 spiro atoms. The highest BCUT2D eigenvalue weighted by atomic mass is 16.3. The first-order valence-corrected chi connectivity index (χ1v) is 11.3. The third-order valence-corrected chi connectivity index (χ3v) is 8.35. The molecule has 1 saturated carbocycles. The zero-order valence-corrected chi connectivity index (χ0v) is 18.4. The topological polar surface area (TPSA) is 95.0 Å². The van der Waals surface area contributed by atoms with Gasteiger partial charge in [0.15, 0.2) is 0 Å². The van der Waals surface area contributed by atoms with Gasteiger partial charge in [-0.1, -0.05) is 42.0 Å². The van der Waals surface area contributed by atoms with E-state index in [1.54, 1.807) is 6.07 Å². The van der Waals surface area contributed by atoms with E-state index >= 15 is 0 Å². The second kappa shape index (κ2) is 6.76. The quantitative estimate of drug-likeness (QED) is 0.539. The van der Waals surface area contributed by atoms with Crippen molar-refractivity contribution in [3.05, 3.63) is 53.6 Å². The minimum Gasteiger partial charge on any atom is -0.508 e. The number of hydrogen-bond donors (Lipinski definition) is 1. The number of rotatable bonds is 1. The minimum atomic E-state index is -0.636. The number of nitrogens with zero attached hydrogens (tertiary/aromatic N) is 2. The third-order valence-electron chi connectivity index (χ3n) is 8.35. The Morgan fingerprint density at radius 1 is 0.788 bits per heavy atom. The van der Waals surface area contributed by atoms with Gasteiger partial charge in [-0.25, -0.2) is 0 Å². The van der Waals surface area contributed by atoms with Crippen molar-refractivity contribution >= 4 is 34.4 Å². The van der Waals surface area contributed by atoms with Crippen LogP contribution in [0.3, 0.4) is 0 Å². The first-order valence-electron chi connectivity index (χ1n) is 11.3. The molecule has 6 atom stereocenters. The Hall–Kier alpha value is -3.48. The van der Waals surface area contributed by atoms with Crippen LogP contribution in [0.15, 0.2) is 48.0 Å². The van der Waals surface area contributed by atoms with Crippen LogP contribution in [-0.2, 0) is 19.2 Å². The zero-order valence-electron chi connectivity index (χ0n) is 18.4. The number of likely N-dealkylation sites (tertiary alicyclic amines) is 2. The molecule has 2 aliphatic heterocycles. The van der Waals surface area contributed by atoms with E-state index in [0.717, 1.165) is 16.3 Å². The molecule has 3 fully saturated rings. The van der Waals surface area contributed by atoms with Crippen LogP contribution in [0.1, 0.15) is 24.3 Å². The van der Waals surface area contributed by atoms with Gasteiger partial charge in [-0.3, -0.25) is 29.0 Å². The summed E-state index contributed by atoms with van der Waals surface area (Å²) in [5.41, 5.74) is 1.52. The van der Waals surface area contributed by atoms with Crippen molar-refractivity contribution < 1.29 is 24.3 Å². The number of hydrogen-bond acceptors (Lipinski definition) is 5. The summed E-state index contributed by atoms with van der Waals surface area (Å²) < 4.78 is 0. The van der Waals surface area contributed by atoms with Crippen molar-refractivity contribution in [3.63, 3.8) is 0 Å². The van der Waals surface area contributed by atoms with Gasteiger partial charge in [0, 0.05) is 25.6 Å². The number of carbonyl (C=O) groups is 4. The van der Waals surface area contributed by atoms with E-state index in [0.29, 0.717) is 18.4 Å². The van der Waals surface area contributed by atoms with Gasteiger partial charge >= 0.3 is 0 Å². The highest BCUT2D eigenvalue weighted by Gasteiger charge is 2.61. The minimum absolute atomic E-state index is 0.0712. The van der Waals surface area contributed by atoms with Crippen LogP contribution >= 0.6 is 0 Å². The number of fused-ring (bicyclic) bond motifs is 5. The number of carbonyl (C=O) groups excluding carboxylic acids is 4. The van der Waals surface area contributed by atoms with Gasteiger partial charge in [-0.2, -0.15) is 0 Å². The van der Waals surface area contributed by atoms with Crippen LogP contribution in [0, 0.1) is 29.6 Å². The maximum Gasteiger partial charge on any atom is 0.233 e. The number of aromatic hydroxyl groups is 1. The van der Waals surface area contributed by atoms with Crippen molar-refractivity contribution in [2.45, 2.75) is 18.8 Å². The fourth-order valence-electron chi connectivity index (χ4n) is 6.84. The van der Waals surface area contributed by atoms with Crippen molar-refractivity contribution in [3.8, 4) is 5.75 Å². The summed E-state index contributed by atoms with van der Waals surface area (Å²) in [6.07, 6.45) is 2.78. The zero-order chi connectivity index (χ0) is 23.2. The molecule has 4 amide bonds. The van der Waals surface area contributed by atoms with Crippen molar-refractivity contribution in [2.75, 3.05) is 14.1 Å². The van der Waals surface area contributed by atoms with E-state index in [9.17, 15) is 24.3 Å². The number of benzene rings is 2. The molecule has 2 aromatic carbocycles. The molecule has 1 N–H and O–H groups in total. The molecule has 0 radical (unpaired) electrons. The molecule has 7 nitrogen and oxygen atoms in total. The Kier molecular flexibility index (Phi) is 4.13. The summed E-state index contributed by atoms with van der Waals surface area (Å²) in [5.74, 6) is -3.87. The second-order valence-corrected chi connectivity index (χ2v) is 9.71. The fraction of sp³-hybridized carbons (Fsp3) is 0.385. The predicted octanol–water partition coefficient (Wildman–Crippen LogP) is 2.44. The molecule has 2 heterocycles. The van der Waals surface area contributed by atoms with Crippen molar-refractivity contribution in [2.24, 2.45) is 29.6 Å². The lowest BCUT2D eigenvalue weighted by Crippen LogP contribution is -2.43. The third kappa shape index (κ3) is 2.50. The van der Waals surface area contributed by atoms with Gasteiger partial charge in [0.1, 0.15) is 5.75 Å². The lowest BCUT2D eigenvalue weighted by Gasteiger charge is -2.44. The van der Waals surface area contributed by atoms with E-state index in [1.165, 1.54) is 23.9 Å². The Bertz CT molecular complexity index is 1300. The number of imide groups is 2. The lowest BCUT2D eigenvalue weighted by atomic mass is 9.56. The van der Waals surface area contributed by atoms with Gasteiger partial charge < -0.3 is 5.11 Å². The second-order valence-electron chi connectivity index (χ2n) is 9.71. The molecule has 0 bridgehead atoms. The van der Waals surface area contributed by atoms with Gasteiger partial charge in [0.2, 0.25) is 23.6 Å². The highest BCUT2D eigenvalue weighted by molar-refractivity contribution is 6.08. The average molecular weight is 444 g/mol. The molecule has 6 rings (SSSR count). The molecule has 2 aromatic rings. The normalized spacial score (nSPS) is 33.3. The SMILES string of the molecule is CN1C(=O)C2CC=C3C(CC4C(=O)N(C)C(=O)C4C3c3c(O)ccc4ccccc34)C2C1=O. The molecule has 6 unspecified atom stereocenters. The Balaban J connectivity index is 1.60. The van der Waals surface area contributed by atoms with Crippen LogP contribution in [0.5, 0.6) is 5.75 Å². The molecular weight excluding hydrogens is 420 g/mol. The molecule has 33 heavy (non-hydrogen) atoms. The molecule has 168 valence electrons. The fourth-order valence-corrected chi connectivity index (χ4v) is 6.84. The molecular formula is C26H24N2O5. The van der Waals surface area contributed by atoms with Crippen molar-refractivity contribution in [1.82, 2.24) is 9.80 Å². The van der Waals surface area contributed by atoms with E-state index in [2.05, 4.69) is 0 Å². The summed E-state index contributed by atoms with van der Waals surface area (Å²) in [6.45, 7) is 0. The standard InChI is InChI=1S/C26H24N2O5/c1-27-23(30)15-9-8-14-16(19(15)25(27)32)11-17-22(26(33)28(2)24(17)31)21(14)20-13-6-4-3-5-12(13)7-10-18(20)29/h3-8,10,15-17,19,21-22,29H,9,11H2,1-2H3. The Morgan fingerprint density at radius 3 is 2.21 bits per heavy atom. The number of amides is 4. The number of phenols is 1. The number of phenolic OH excluding ortho intramolecular Hbond substituents is 1. The first kappa shape index (κ1) is 20.1. The van der Waals surface area contributed by atoms with Crippen molar-refractivity contribution in [1.29, 1.82) is 0 Å². The van der Waals surface area contributed by atoms with Crippen LogP contribution in [0.4, 0.5) is 0 Å². The predicted molar refractivity (Wildman–Crippen MR) is 119 cm³/mol. The van der Waals surface area contributed by atoms with Gasteiger partial charge in [-0.05, 0) is 35.6 Å². The summed E-state index contributed by atoms with van der Waals surface area (Å²) in [5, 5.41) is 12.8. The average Bonchev–Trinajstić information content (AvgIpc) is 3.18.